The van der Waals surface area contributed by atoms with Gasteiger partial charge in [-0.1, -0.05) is 57.2 Å². The van der Waals surface area contributed by atoms with Crippen LogP contribution in [-0.4, -0.2) is 89.5 Å². The van der Waals surface area contributed by atoms with Crippen molar-refractivity contribution in [3.05, 3.63) is 108 Å². The molecule has 1 aliphatic heterocycles. The lowest BCUT2D eigenvalue weighted by Gasteiger charge is -2.35. The molecule has 0 radical (unpaired) electrons. The molecule has 60 heavy (non-hydrogen) atoms. The van der Waals surface area contributed by atoms with Gasteiger partial charge in [-0.2, -0.15) is 0 Å². The number of benzene rings is 2. The molecule has 5 N–H and O–H groups in total. The standard InChI is InChI=1S/C43H48N10O6S/c1-26-36(60-25-48-26)29-11-9-27(10-12-29)20-45-40(57)34-19-31(54)23-52(34)41(58)37(43(2,3)4)50-35(55)8-5-17-44-39(56)30-15-13-28(14-16-30)33-22-47-42(53-24-49-51-38(33)53)46-21-32-7-6-18-59-32/h6-7,9-16,18,22,24-25,31,34,37,54H,5,8,17,19-21,23H2,1-4H3,(H,44,56)(H,45,57)(H,46,47)(H,50,55). The van der Waals surface area contributed by atoms with Crippen molar-refractivity contribution in [1.82, 2.24) is 45.4 Å². The van der Waals surface area contributed by atoms with E-state index in [1.54, 1.807) is 46.7 Å². The van der Waals surface area contributed by atoms with Crippen LogP contribution in [0.5, 0.6) is 0 Å². The molecule has 2 aromatic carbocycles. The molecule has 5 heterocycles. The molecule has 17 heteroatoms. The summed E-state index contributed by atoms with van der Waals surface area (Å²) in [6, 6.07) is 16.7. The summed E-state index contributed by atoms with van der Waals surface area (Å²) >= 11 is 1.57. The van der Waals surface area contributed by atoms with Gasteiger partial charge in [0.05, 0.1) is 35.0 Å². The molecule has 312 valence electrons. The summed E-state index contributed by atoms with van der Waals surface area (Å²) in [6.07, 6.45) is 4.48. The first kappa shape index (κ1) is 41.7. The van der Waals surface area contributed by atoms with Crippen LogP contribution in [0.3, 0.4) is 0 Å². The van der Waals surface area contributed by atoms with Gasteiger partial charge < -0.3 is 35.7 Å². The second-order valence-corrected chi connectivity index (χ2v) is 16.7. The Balaban J connectivity index is 0.886. The van der Waals surface area contributed by atoms with Crippen LogP contribution in [0.2, 0.25) is 0 Å². The summed E-state index contributed by atoms with van der Waals surface area (Å²) in [7, 11) is 0. The van der Waals surface area contributed by atoms with Crippen LogP contribution in [0.25, 0.3) is 27.2 Å². The van der Waals surface area contributed by atoms with Gasteiger partial charge in [-0.3, -0.25) is 23.6 Å². The van der Waals surface area contributed by atoms with E-state index in [0.29, 0.717) is 30.1 Å². The van der Waals surface area contributed by atoms with Crippen LogP contribution >= 0.6 is 11.3 Å². The first-order chi connectivity index (χ1) is 28.9. The first-order valence-electron chi connectivity index (χ1n) is 19.7. The molecule has 7 rings (SSSR count). The molecular weight excluding hydrogens is 785 g/mol. The number of hydrogen-bond donors (Lipinski definition) is 5. The molecule has 3 atom stereocenters. The molecule has 0 aliphatic carbocycles. The van der Waals surface area contributed by atoms with Gasteiger partial charge in [0, 0.05) is 49.8 Å². The summed E-state index contributed by atoms with van der Waals surface area (Å²) in [5.41, 5.74) is 6.58. The van der Waals surface area contributed by atoms with Crippen LogP contribution in [0.15, 0.2) is 89.4 Å². The zero-order valence-electron chi connectivity index (χ0n) is 33.8. The molecule has 1 aliphatic rings. The lowest BCUT2D eigenvalue weighted by molar-refractivity contribution is -0.144. The second kappa shape index (κ2) is 18.2. The summed E-state index contributed by atoms with van der Waals surface area (Å²) in [5.74, 6) is -0.164. The molecule has 0 bridgehead atoms. The fourth-order valence-electron chi connectivity index (χ4n) is 7.10. The zero-order chi connectivity index (χ0) is 42.4. The molecule has 4 amide bonds. The van der Waals surface area contributed by atoms with E-state index in [1.807, 2.05) is 81.7 Å². The van der Waals surface area contributed by atoms with Gasteiger partial charge >= 0.3 is 0 Å². The van der Waals surface area contributed by atoms with E-state index in [4.69, 9.17) is 4.42 Å². The smallest absolute Gasteiger partial charge is 0.251 e. The first-order valence-corrected chi connectivity index (χ1v) is 20.6. The predicted octanol–water partition coefficient (Wildman–Crippen LogP) is 4.75. The van der Waals surface area contributed by atoms with E-state index in [1.165, 1.54) is 4.90 Å². The van der Waals surface area contributed by atoms with Crippen molar-refractivity contribution < 1.29 is 28.7 Å². The van der Waals surface area contributed by atoms with E-state index in [2.05, 4.69) is 41.4 Å². The Morgan fingerprint density at radius 2 is 1.75 bits per heavy atom. The minimum Gasteiger partial charge on any atom is -0.467 e. The van der Waals surface area contributed by atoms with Crippen molar-refractivity contribution in [2.24, 2.45) is 5.41 Å². The number of nitrogens with zero attached hydrogens (tertiary/aromatic N) is 6. The number of amides is 4. The third-order valence-corrected chi connectivity index (χ3v) is 11.3. The lowest BCUT2D eigenvalue weighted by Crippen LogP contribution is -2.57. The largest absolute Gasteiger partial charge is 0.467 e. The number of carbonyl (C=O) groups excluding carboxylic acids is 4. The fraction of sp³-hybridized carbons (Fsp3) is 0.349. The number of hydrogen-bond acceptors (Lipinski definition) is 12. The fourth-order valence-corrected chi connectivity index (χ4v) is 7.91. The Bertz CT molecular complexity index is 2440. The van der Waals surface area contributed by atoms with Gasteiger partial charge in [0.25, 0.3) is 5.91 Å². The SMILES string of the molecule is Cc1ncsc1-c1ccc(CNC(=O)C2CC(O)CN2C(=O)C(NC(=O)CCCNC(=O)c2ccc(-c3cnc(NCc4ccco4)n4cnnc34)cc2)C(C)(C)C)cc1. The molecular formula is C43H48N10O6S. The van der Waals surface area contributed by atoms with Crippen LogP contribution in [0.4, 0.5) is 5.95 Å². The maximum absolute atomic E-state index is 14.0. The molecule has 0 spiro atoms. The van der Waals surface area contributed by atoms with Gasteiger partial charge in [0.15, 0.2) is 5.65 Å². The number of aliphatic hydroxyl groups is 1. The van der Waals surface area contributed by atoms with Crippen LogP contribution in [-0.2, 0) is 27.5 Å². The number of aryl methyl sites for hydroxylation is 1. The van der Waals surface area contributed by atoms with Gasteiger partial charge in [0.1, 0.15) is 24.2 Å². The Hall–Kier alpha value is -6.46. The normalized spacial score (nSPS) is 15.8. The summed E-state index contributed by atoms with van der Waals surface area (Å²) in [4.78, 5) is 65.0. The van der Waals surface area contributed by atoms with E-state index in [-0.39, 0.29) is 50.2 Å². The number of fused-ring (bicyclic) bond motifs is 1. The van der Waals surface area contributed by atoms with Gasteiger partial charge in [-0.05, 0) is 59.7 Å². The minimum absolute atomic E-state index is 0.0199. The van der Waals surface area contributed by atoms with E-state index in [0.717, 1.165) is 38.6 Å². The Morgan fingerprint density at radius 3 is 2.45 bits per heavy atom. The van der Waals surface area contributed by atoms with Crippen molar-refractivity contribution in [3.8, 4) is 21.6 Å². The molecule has 1 saturated heterocycles. The molecule has 16 nitrogen and oxygen atoms in total. The number of carbonyl (C=O) groups is 4. The summed E-state index contributed by atoms with van der Waals surface area (Å²) in [5, 5.41) is 30.8. The number of aliphatic hydroxyl groups excluding tert-OH is 1. The Morgan fingerprint density at radius 1 is 0.983 bits per heavy atom. The number of nitrogens with one attached hydrogen (secondary N) is 4. The quantitative estimate of drug-likeness (QED) is 0.0893. The van der Waals surface area contributed by atoms with E-state index in [9.17, 15) is 24.3 Å². The average molecular weight is 833 g/mol. The number of furan rings is 1. The summed E-state index contributed by atoms with van der Waals surface area (Å²) in [6.45, 7) is 8.37. The van der Waals surface area contributed by atoms with Gasteiger partial charge in [-0.15, -0.1) is 21.5 Å². The predicted molar refractivity (Wildman–Crippen MR) is 225 cm³/mol. The highest BCUT2D eigenvalue weighted by molar-refractivity contribution is 7.13. The monoisotopic (exact) mass is 832 g/mol. The molecule has 6 aromatic rings. The number of thiazole rings is 1. The highest BCUT2D eigenvalue weighted by Gasteiger charge is 2.44. The average Bonchev–Trinajstić information content (AvgIpc) is 4.08. The molecule has 4 aromatic heterocycles. The maximum Gasteiger partial charge on any atom is 0.251 e. The van der Waals surface area contributed by atoms with Crippen molar-refractivity contribution >= 4 is 46.6 Å². The van der Waals surface area contributed by atoms with E-state index < -0.39 is 29.5 Å². The van der Waals surface area contributed by atoms with Crippen LogP contribution < -0.4 is 21.3 Å². The van der Waals surface area contributed by atoms with Crippen LogP contribution in [0, 0.1) is 12.3 Å². The van der Waals surface area contributed by atoms with Crippen molar-refractivity contribution in [2.45, 2.75) is 78.2 Å². The second-order valence-electron chi connectivity index (χ2n) is 15.8. The Labute approximate surface area is 350 Å². The third-order valence-electron chi connectivity index (χ3n) is 10.4. The Kier molecular flexibility index (Phi) is 12.7. The minimum atomic E-state index is -0.954. The highest BCUT2D eigenvalue weighted by Crippen LogP contribution is 2.29. The lowest BCUT2D eigenvalue weighted by atomic mass is 9.85. The molecule has 1 fully saturated rings. The number of anilines is 1. The number of β-amino-alcohol motifs (C(OH)–C–C–N with tert-alkyl or cyclic N) is 1. The number of rotatable bonds is 15. The number of aromatic nitrogens is 5. The van der Waals surface area contributed by atoms with Crippen LogP contribution in [0.1, 0.15) is 67.4 Å². The topological polar surface area (TPSA) is 209 Å². The molecule has 0 saturated carbocycles. The third kappa shape index (κ3) is 9.69. The maximum atomic E-state index is 14.0. The van der Waals surface area contributed by atoms with Crippen molar-refractivity contribution in [2.75, 3.05) is 18.4 Å². The van der Waals surface area contributed by atoms with Crippen molar-refractivity contribution in [1.29, 1.82) is 0 Å². The van der Waals surface area contributed by atoms with Crippen molar-refractivity contribution in [3.63, 3.8) is 0 Å². The highest BCUT2D eigenvalue weighted by atomic mass is 32.1. The van der Waals surface area contributed by atoms with Gasteiger partial charge in [0.2, 0.25) is 23.7 Å². The van der Waals surface area contributed by atoms with E-state index >= 15 is 0 Å². The summed E-state index contributed by atoms with van der Waals surface area (Å²) < 4.78 is 7.13. The molecule has 3 unspecified atom stereocenters. The zero-order valence-corrected chi connectivity index (χ0v) is 34.7. The number of likely N-dealkylation sites (tertiary alicyclic amines) is 1. The van der Waals surface area contributed by atoms with Gasteiger partial charge in [-0.25, -0.2) is 9.97 Å².